The van der Waals surface area contributed by atoms with Gasteiger partial charge in [0, 0.05) is 25.5 Å². The summed E-state index contributed by atoms with van der Waals surface area (Å²) in [6.45, 7) is 1.55. The van der Waals surface area contributed by atoms with Crippen LogP contribution in [0, 0.1) is 0 Å². The van der Waals surface area contributed by atoms with Crippen LogP contribution in [0.2, 0.25) is 0 Å². The second-order valence-corrected chi connectivity index (χ2v) is 4.58. The van der Waals surface area contributed by atoms with Crippen molar-refractivity contribution in [3.05, 3.63) is 48.8 Å². The van der Waals surface area contributed by atoms with Crippen LogP contribution in [0.25, 0.3) is 0 Å². The second-order valence-electron chi connectivity index (χ2n) is 4.58. The molecule has 2 heterocycles. The van der Waals surface area contributed by atoms with E-state index in [0.717, 1.165) is 6.54 Å². The molecule has 104 valence electrons. The van der Waals surface area contributed by atoms with Gasteiger partial charge in [0.1, 0.15) is 6.61 Å². The number of nitrogens with zero attached hydrogens (tertiary/aromatic N) is 1. The van der Waals surface area contributed by atoms with E-state index in [1.807, 2.05) is 47.3 Å². The summed E-state index contributed by atoms with van der Waals surface area (Å²) in [7, 11) is 0. The summed E-state index contributed by atoms with van der Waals surface area (Å²) >= 11 is 0. The number of fused-ring (bicyclic) bond motifs is 1. The molecule has 5 nitrogen and oxygen atoms in total. The Bertz CT molecular complexity index is 581. The molecule has 1 amide bonds. The maximum atomic E-state index is 12.0. The molecule has 0 bridgehead atoms. The number of ether oxygens (including phenoxy) is 2. The number of benzene rings is 1. The molecule has 1 aliphatic heterocycles. The lowest BCUT2D eigenvalue weighted by atomic mass is 10.2. The largest absolute Gasteiger partial charge is 0.485 e. The van der Waals surface area contributed by atoms with Crippen LogP contribution < -0.4 is 14.8 Å². The van der Waals surface area contributed by atoms with Gasteiger partial charge in [0.15, 0.2) is 11.5 Å². The van der Waals surface area contributed by atoms with Crippen molar-refractivity contribution in [2.24, 2.45) is 0 Å². The minimum Gasteiger partial charge on any atom is -0.485 e. The van der Waals surface area contributed by atoms with E-state index in [9.17, 15) is 4.79 Å². The molecular formula is C15H16N2O3. The lowest BCUT2D eigenvalue weighted by molar-refractivity contribution is -0.130. The van der Waals surface area contributed by atoms with Crippen molar-refractivity contribution in [2.45, 2.75) is 12.6 Å². The Labute approximate surface area is 117 Å². The molecule has 0 spiro atoms. The Morgan fingerprint density at radius 3 is 2.75 bits per heavy atom. The summed E-state index contributed by atoms with van der Waals surface area (Å²) in [6, 6.07) is 11.3. The number of amides is 1. The number of hydrogen-bond acceptors (Lipinski definition) is 3. The third kappa shape index (κ3) is 2.77. The SMILES string of the molecule is O=C(NCCn1cccc1)[C@@H]1COc2ccccc2O1. The van der Waals surface area contributed by atoms with Gasteiger partial charge in [-0.15, -0.1) is 0 Å². The number of aromatic nitrogens is 1. The standard InChI is InChI=1S/C15H16N2O3/c18-15(16-7-10-17-8-3-4-9-17)14-11-19-12-5-1-2-6-13(12)20-14/h1-6,8-9,14H,7,10-11H2,(H,16,18)/t14-/m0/s1. The van der Waals surface area contributed by atoms with E-state index in [1.54, 1.807) is 6.07 Å². The third-order valence-corrected chi connectivity index (χ3v) is 3.14. The molecule has 0 saturated carbocycles. The van der Waals surface area contributed by atoms with Crippen LogP contribution in [0.5, 0.6) is 11.5 Å². The molecule has 0 fully saturated rings. The second kappa shape index (κ2) is 5.69. The van der Waals surface area contributed by atoms with Crippen LogP contribution in [0.4, 0.5) is 0 Å². The summed E-state index contributed by atoms with van der Waals surface area (Å²) < 4.78 is 13.2. The van der Waals surface area contributed by atoms with E-state index >= 15 is 0 Å². The highest BCUT2D eigenvalue weighted by Crippen LogP contribution is 2.30. The molecule has 1 aliphatic rings. The van der Waals surface area contributed by atoms with Gasteiger partial charge < -0.3 is 19.4 Å². The van der Waals surface area contributed by atoms with E-state index < -0.39 is 6.10 Å². The molecule has 0 radical (unpaired) electrons. The van der Waals surface area contributed by atoms with Crippen molar-refractivity contribution in [1.82, 2.24) is 9.88 Å². The maximum Gasteiger partial charge on any atom is 0.264 e. The van der Waals surface area contributed by atoms with Gasteiger partial charge in [-0.25, -0.2) is 0 Å². The Kier molecular flexibility index (Phi) is 3.58. The molecule has 3 rings (SSSR count). The fourth-order valence-electron chi connectivity index (χ4n) is 2.09. The fraction of sp³-hybridized carbons (Fsp3) is 0.267. The van der Waals surface area contributed by atoms with E-state index in [1.165, 1.54) is 0 Å². The van der Waals surface area contributed by atoms with Crippen molar-refractivity contribution in [2.75, 3.05) is 13.2 Å². The summed E-state index contributed by atoms with van der Waals surface area (Å²) in [6.07, 6.45) is 3.33. The van der Waals surface area contributed by atoms with Crippen molar-refractivity contribution in [3.63, 3.8) is 0 Å². The van der Waals surface area contributed by atoms with Gasteiger partial charge in [-0.05, 0) is 24.3 Å². The van der Waals surface area contributed by atoms with Gasteiger partial charge in [0.25, 0.3) is 5.91 Å². The molecule has 0 saturated heterocycles. The molecular weight excluding hydrogens is 256 g/mol. The summed E-state index contributed by atoms with van der Waals surface area (Å²) in [4.78, 5) is 12.0. The summed E-state index contributed by atoms with van der Waals surface area (Å²) in [5.41, 5.74) is 0. The van der Waals surface area contributed by atoms with E-state index in [2.05, 4.69) is 5.32 Å². The summed E-state index contributed by atoms with van der Waals surface area (Å²) in [5, 5.41) is 2.86. The van der Waals surface area contributed by atoms with E-state index in [-0.39, 0.29) is 12.5 Å². The van der Waals surface area contributed by atoms with Crippen molar-refractivity contribution < 1.29 is 14.3 Å². The number of carbonyl (C=O) groups is 1. The van der Waals surface area contributed by atoms with Crippen LogP contribution in [0.3, 0.4) is 0 Å². The summed E-state index contributed by atoms with van der Waals surface area (Å²) in [5.74, 6) is 1.15. The lowest BCUT2D eigenvalue weighted by Gasteiger charge is -2.25. The predicted octanol–water partition coefficient (Wildman–Crippen LogP) is 1.44. The van der Waals surface area contributed by atoms with Crippen LogP contribution in [0.1, 0.15) is 0 Å². The average Bonchev–Trinajstić information content (AvgIpc) is 3.00. The van der Waals surface area contributed by atoms with Gasteiger partial charge >= 0.3 is 0 Å². The molecule has 20 heavy (non-hydrogen) atoms. The zero-order valence-corrected chi connectivity index (χ0v) is 11.0. The first-order valence-electron chi connectivity index (χ1n) is 6.60. The molecule has 1 N–H and O–H groups in total. The number of para-hydroxylation sites is 2. The zero-order valence-electron chi connectivity index (χ0n) is 11.0. The quantitative estimate of drug-likeness (QED) is 0.916. The van der Waals surface area contributed by atoms with Crippen LogP contribution in [0.15, 0.2) is 48.8 Å². The maximum absolute atomic E-state index is 12.0. The molecule has 0 unspecified atom stereocenters. The van der Waals surface area contributed by atoms with Crippen molar-refractivity contribution in [1.29, 1.82) is 0 Å². The zero-order chi connectivity index (χ0) is 13.8. The van der Waals surface area contributed by atoms with Crippen LogP contribution >= 0.6 is 0 Å². The molecule has 2 aromatic rings. The lowest BCUT2D eigenvalue weighted by Crippen LogP contribution is -2.44. The Morgan fingerprint density at radius 1 is 1.20 bits per heavy atom. The van der Waals surface area contributed by atoms with E-state index in [0.29, 0.717) is 18.0 Å². The van der Waals surface area contributed by atoms with Gasteiger partial charge in [-0.2, -0.15) is 0 Å². The first kappa shape index (κ1) is 12.6. The highest BCUT2D eigenvalue weighted by molar-refractivity contribution is 5.81. The van der Waals surface area contributed by atoms with Crippen molar-refractivity contribution in [3.8, 4) is 11.5 Å². The van der Waals surface area contributed by atoms with E-state index in [4.69, 9.17) is 9.47 Å². The first-order chi connectivity index (χ1) is 9.83. The average molecular weight is 272 g/mol. The minimum absolute atomic E-state index is 0.147. The predicted molar refractivity (Wildman–Crippen MR) is 73.8 cm³/mol. The smallest absolute Gasteiger partial charge is 0.264 e. The van der Waals surface area contributed by atoms with Gasteiger partial charge in [0.05, 0.1) is 0 Å². The van der Waals surface area contributed by atoms with Gasteiger partial charge in [0.2, 0.25) is 6.10 Å². The molecule has 5 heteroatoms. The first-order valence-corrected chi connectivity index (χ1v) is 6.60. The number of nitrogens with one attached hydrogen (secondary N) is 1. The monoisotopic (exact) mass is 272 g/mol. The van der Waals surface area contributed by atoms with Gasteiger partial charge in [-0.3, -0.25) is 4.79 Å². The highest BCUT2D eigenvalue weighted by Gasteiger charge is 2.26. The van der Waals surface area contributed by atoms with Crippen molar-refractivity contribution >= 4 is 5.91 Å². The molecule has 1 atom stereocenters. The highest BCUT2D eigenvalue weighted by atomic mass is 16.6. The Balaban J connectivity index is 1.51. The molecule has 1 aromatic heterocycles. The fourth-order valence-corrected chi connectivity index (χ4v) is 2.09. The minimum atomic E-state index is -0.588. The topological polar surface area (TPSA) is 52.5 Å². The number of carbonyl (C=O) groups excluding carboxylic acids is 1. The Morgan fingerprint density at radius 2 is 1.95 bits per heavy atom. The number of rotatable bonds is 4. The van der Waals surface area contributed by atoms with Crippen LogP contribution in [-0.2, 0) is 11.3 Å². The Hall–Kier alpha value is -2.43. The third-order valence-electron chi connectivity index (χ3n) is 3.14. The normalized spacial score (nSPS) is 16.7. The molecule has 1 aromatic carbocycles. The van der Waals surface area contributed by atoms with Gasteiger partial charge in [-0.1, -0.05) is 12.1 Å². The molecule has 0 aliphatic carbocycles. The van der Waals surface area contributed by atoms with Crippen LogP contribution in [-0.4, -0.2) is 29.7 Å². The number of hydrogen-bond donors (Lipinski definition) is 1.